The number of rotatable bonds is 8. The molecule has 0 N–H and O–H groups in total. The van der Waals surface area contributed by atoms with E-state index in [1.165, 1.54) is 32.3 Å². The Balaban J connectivity index is 2.07. The Morgan fingerprint density at radius 1 is 1.03 bits per heavy atom. The van der Waals surface area contributed by atoms with Crippen molar-refractivity contribution in [2.24, 2.45) is 0 Å². The minimum atomic E-state index is -3.39. The van der Waals surface area contributed by atoms with E-state index in [2.05, 4.69) is 0 Å². The topological polar surface area (TPSA) is 91.4 Å². The number of hydrogen-bond acceptors (Lipinski definition) is 7. The molecule has 0 radical (unpaired) electrons. The Kier molecular flexibility index (Phi) is 6.74. The summed E-state index contributed by atoms with van der Waals surface area (Å²) in [5.74, 6) is 1.06. The second kappa shape index (κ2) is 9.30. The van der Waals surface area contributed by atoms with Crippen LogP contribution in [-0.2, 0) is 9.84 Å². The molecule has 0 fully saturated rings. The van der Waals surface area contributed by atoms with Crippen molar-refractivity contribution in [2.75, 3.05) is 38.6 Å². The molecule has 31 heavy (non-hydrogen) atoms. The molecular weight excluding hydrogens is 422 g/mol. The highest BCUT2D eigenvalue weighted by molar-refractivity contribution is 7.94. The van der Waals surface area contributed by atoms with Crippen molar-refractivity contribution in [3.63, 3.8) is 0 Å². The number of sulfone groups is 1. The summed E-state index contributed by atoms with van der Waals surface area (Å²) in [6.45, 7) is 2.39. The van der Waals surface area contributed by atoms with Gasteiger partial charge >= 0.3 is 0 Å². The second-order valence-electron chi connectivity index (χ2n) is 6.74. The molecule has 3 rings (SSSR count). The maximum absolute atomic E-state index is 13.6. The van der Waals surface area contributed by atoms with E-state index in [0.717, 1.165) is 5.41 Å². The fraction of sp³-hybridized carbons (Fsp3) is 0.318. The quantitative estimate of drug-likeness (QED) is 0.614. The molecule has 2 aromatic carbocycles. The lowest BCUT2D eigenvalue weighted by molar-refractivity contribution is 0.0982. The first-order valence-corrected chi connectivity index (χ1v) is 11.3. The number of hydrogen-bond donors (Lipinski definition) is 0. The number of ether oxygens (including phenoxy) is 4. The minimum absolute atomic E-state index is 0.198. The van der Waals surface area contributed by atoms with Gasteiger partial charge in [-0.15, -0.1) is 0 Å². The summed E-state index contributed by atoms with van der Waals surface area (Å²) in [6, 6.07) is 9.34. The van der Waals surface area contributed by atoms with Crippen LogP contribution in [0.15, 0.2) is 47.9 Å². The van der Waals surface area contributed by atoms with Crippen molar-refractivity contribution < 1.29 is 32.2 Å². The van der Waals surface area contributed by atoms with Gasteiger partial charge in [-0.25, -0.2) is 8.42 Å². The molecule has 1 aliphatic heterocycles. The van der Waals surface area contributed by atoms with Crippen molar-refractivity contribution >= 4 is 21.4 Å². The van der Waals surface area contributed by atoms with E-state index in [0.29, 0.717) is 35.3 Å². The van der Waals surface area contributed by atoms with Crippen LogP contribution in [0.2, 0.25) is 0 Å². The van der Waals surface area contributed by atoms with Crippen molar-refractivity contribution in [1.29, 1.82) is 0 Å². The van der Waals surface area contributed by atoms with Gasteiger partial charge in [0, 0.05) is 16.7 Å². The molecule has 8 nitrogen and oxygen atoms in total. The van der Waals surface area contributed by atoms with Crippen LogP contribution >= 0.6 is 0 Å². The average molecular weight is 448 g/mol. The summed E-state index contributed by atoms with van der Waals surface area (Å²) >= 11 is 0. The van der Waals surface area contributed by atoms with Crippen LogP contribution in [0.25, 0.3) is 0 Å². The molecule has 0 saturated heterocycles. The van der Waals surface area contributed by atoms with Gasteiger partial charge in [0.15, 0.2) is 21.3 Å². The Morgan fingerprint density at radius 2 is 1.65 bits per heavy atom. The summed E-state index contributed by atoms with van der Waals surface area (Å²) in [5, 5.41) is 1.14. The van der Waals surface area contributed by atoms with Crippen LogP contribution in [0.4, 0.5) is 5.69 Å². The SMILES string of the molecule is CCOc1ccc(N(C(=O)c2cc(OC)c(OC)c(OC)c2)C2C=CS(=O)(=O)C2)cc1. The molecule has 0 bridgehead atoms. The number of nitrogens with zero attached hydrogens (tertiary/aromatic N) is 1. The summed E-state index contributed by atoms with van der Waals surface area (Å²) in [7, 11) is 1.01. The fourth-order valence-corrected chi connectivity index (χ4v) is 4.66. The molecule has 1 aliphatic rings. The molecule has 1 unspecified atom stereocenters. The highest BCUT2D eigenvalue weighted by Gasteiger charge is 2.33. The summed E-state index contributed by atoms with van der Waals surface area (Å²) in [6.07, 6.45) is 1.52. The van der Waals surface area contributed by atoms with E-state index in [9.17, 15) is 13.2 Å². The van der Waals surface area contributed by atoms with Crippen LogP contribution in [-0.4, -0.2) is 54.1 Å². The largest absolute Gasteiger partial charge is 0.494 e. The van der Waals surface area contributed by atoms with E-state index in [1.807, 2.05) is 6.92 Å². The molecule has 166 valence electrons. The Labute approximate surface area is 181 Å². The van der Waals surface area contributed by atoms with Crippen LogP contribution < -0.4 is 23.8 Å². The van der Waals surface area contributed by atoms with Crippen LogP contribution in [0.5, 0.6) is 23.0 Å². The first-order chi connectivity index (χ1) is 14.8. The number of amides is 1. The molecule has 1 heterocycles. The van der Waals surface area contributed by atoms with Gasteiger partial charge in [-0.2, -0.15) is 0 Å². The predicted octanol–water partition coefficient (Wildman–Crippen LogP) is 3.07. The van der Waals surface area contributed by atoms with E-state index in [1.54, 1.807) is 36.4 Å². The number of carbonyl (C=O) groups excluding carboxylic acids is 1. The van der Waals surface area contributed by atoms with Gasteiger partial charge in [0.05, 0.1) is 39.7 Å². The predicted molar refractivity (Wildman–Crippen MR) is 117 cm³/mol. The highest BCUT2D eigenvalue weighted by atomic mass is 32.2. The summed E-state index contributed by atoms with van der Waals surface area (Å²) in [5.41, 5.74) is 0.801. The normalized spacial score (nSPS) is 16.6. The third-order valence-electron chi connectivity index (χ3n) is 4.80. The summed E-state index contributed by atoms with van der Waals surface area (Å²) < 4.78 is 45.6. The molecule has 0 aromatic heterocycles. The van der Waals surface area contributed by atoms with Gasteiger partial charge in [0.1, 0.15) is 5.75 Å². The van der Waals surface area contributed by atoms with Crippen LogP contribution in [0.1, 0.15) is 17.3 Å². The standard InChI is InChI=1S/C22H25NO7S/c1-5-30-18-8-6-16(7-9-18)23(17-10-11-31(25,26)14-17)22(24)15-12-19(27-2)21(29-4)20(13-15)28-3/h6-13,17H,5,14H2,1-4H3. The third-order valence-corrected chi connectivity index (χ3v) is 6.18. The number of methoxy groups -OCH3 is 3. The smallest absolute Gasteiger partial charge is 0.259 e. The van der Waals surface area contributed by atoms with Gasteiger partial charge in [-0.1, -0.05) is 0 Å². The van der Waals surface area contributed by atoms with Crippen LogP contribution in [0.3, 0.4) is 0 Å². The van der Waals surface area contributed by atoms with Gasteiger partial charge in [0.25, 0.3) is 5.91 Å². The average Bonchev–Trinajstić information content (AvgIpc) is 3.13. The van der Waals surface area contributed by atoms with E-state index in [4.69, 9.17) is 18.9 Å². The molecule has 9 heteroatoms. The lowest BCUT2D eigenvalue weighted by Crippen LogP contribution is -2.41. The molecular formula is C22H25NO7S. The van der Waals surface area contributed by atoms with Gasteiger partial charge in [-0.05, 0) is 49.4 Å². The van der Waals surface area contributed by atoms with E-state index >= 15 is 0 Å². The Morgan fingerprint density at radius 3 is 2.10 bits per heavy atom. The molecule has 0 aliphatic carbocycles. The first kappa shape index (κ1) is 22.5. The lowest BCUT2D eigenvalue weighted by Gasteiger charge is -2.28. The molecule has 0 spiro atoms. The maximum Gasteiger partial charge on any atom is 0.259 e. The van der Waals surface area contributed by atoms with Gasteiger partial charge in [-0.3, -0.25) is 4.79 Å². The molecule has 0 saturated carbocycles. The highest BCUT2D eigenvalue weighted by Crippen LogP contribution is 2.39. The number of carbonyl (C=O) groups is 1. The molecule has 1 atom stereocenters. The third kappa shape index (κ3) is 4.77. The monoisotopic (exact) mass is 447 g/mol. The van der Waals surface area contributed by atoms with Crippen molar-refractivity contribution in [3.8, 4) is 23.0 Å². The zero-order chi connectivity index (χ0) is 22.6. The Bertz CT molecular complexity index is 1050. The van der Waals surface area contributed by atoms with E-state index in [-0.39, 0.29) is 11.3 Å². The van der Waals surface area contributed by atoms with Crippen molar-refractivity contribution in [2.45, 2.75) is 13.0 Å². The minimum Gasteiger partial charge on any atom is -0.494 e. The summed E-state index contributed by atoms with van der Waals surface area (Å²) in [4.78, 5) is 15.0. The lowest BCUT2D eigenvalue weighted by atomic mass is 10.1. The van der Waals surface area contributed by atoms with Crippen molar-refractivity contribution in [1.82, 2.24) is 0 Å². The number of anilines is 1. The molecule has 1 amide bonds. The Hall–Kier alpha value is -3.20. The number of benzene rings is 2. The fourth-order valence-electron chi connectivity index (χ4n) is 3.39. The van der Waals surface area contributed by atoms with Crippen LogP contribution in [0, 0.1) is 0 Å². The maximum atomic E-state index is 13.6. The van der Waals surface area contributed by atoms with E-state index < -0.39 is 21.8 Å². The molecule has 2 aromatic rings. The van der Waals surface area contributed by atoms with Gasteiger partial charge < -0.3 is 23.8 Å². The second-order valence-corrected chi connectivity index (χ2v) is 8.67. The van der Waals surface area contributed by atoms with Crippen molar-refractivity contribution in [3.05, 3.63) is 53.4 Å². The first-order valence-electron chi connectivity index (χ1n) is 9.61. The zero-order valence-electron chi connectivity index (χ0n) is 17.8. The van der Waals surface area contributed by atoms with Gasteiger partial charge in [0.2, 0.25) is 5.75 Å². The zero-order valence-corrected chi connectivity index (χ0v) is 18.6.